The van der Waals surface area contributed by atoms with Crippen molar-refractivity contribution >= 4 is 22.8 Å². The Morgan fingerprint density at radius 1 is 1.00 bits per heavy atom. The van der Waals surface area contributed by atoms with Gasteiger partial charge in [-0.3, -0.25) is 9.59 Å². The van der Waals surface area contributed by atoms with Crippen LogP contribution in [0.2, 0.25) is 0 Å². The highest BCUT2D eigenvalue weighted by molar-refractivity contribution is 5.81. The Morgan fingerprint density at radius 2 is 1.72 bits per heavy atom. The largest absolute Gasteiger partial charge is 0.356 e. The van der Waals surface area contributed by atoms with Crippen molar-refractivity contribution in [3.63, 3.8) is 0 Å². The molecule has 0 saturated carbocycles. The zero-order valence-corrected chi connectivity index (χ0v) is 20.2. The molecule has 1 aliphatic rings. The molecule has 2 amide bonds. The lowest BCUT2D eigenvalue weighted by atomic mass is 9.96. The number of fused-ring (bicyclic) bond motifs is 1. The van der Waals surface area contributed by atoms with E-state index >= 15 is 0 Å². The zero-order valence-electron chi connectivity index (χ0n) is 20.2. The van der Waals surface area contributed by atoms with E-state index in [-0.39, 0.29) is 17.2 Å². The lowest BCUT2D eigenvalue weighted by Crippen LogP contribution is -2.35. The number of nitrogens with zero attached hydrogens (tertiary/aromatic N) is 3. The minimum absolute atomic E-state index is 0.105. The minimum Gasteiger partial charge on any atom is -0.356 e. The Hall–Kier alpha value is -2.37. The number of nitrogens with one attached hydrogen (secondary N) is 1. The van der Waals surface area contributed by atoms with Crippen molar-refractivity contribution in [3.8, 4) is 0 Å². The van der Waals surface area contributed by atoms with Gasteiger partial charge >= 0.3 is 0 Å². The quantitative estimate of drug-likeness (QED) is 0.575. The van der Waals surface area contributed by atoms with Gasteiger partial charge in [-0.05, 0) is 37.8 Å². The van der Waals surface area contributed by atoms with Crippen LogP contribution >= 0.6 is 0 Å². The molecule has 0 atom stereocenters. The van der Waals surface area contributed by atoms with Crippen LogP contribution in [0, 0.1) is 5.41 Å². The van der Waals surface area contributed by atoms with E-state index in [0.29, 0.717) is 13.0 Å². The predicted molar refractivity (Wildman–Crippen MR) is 129 cm³/mol. The molecule has 1 N–H and O–H groups in total. The first-order valence-corrected chi connectivity index (χ1v) is 12.4. The fourth-order valence-corrected chi connectivity index (χ4v) is 4.30. The summed E-state index contributed by atoms with van der Waals surface area (Å²) in [5, 5.41) is 3.02. The van der Waals surface area contributed by atoms with Crippen molar-refractivity contribution in [2.45, 2.75) is 85.1 Å². The fraction of sp³-hybridized carbons (Fsp3) is 0.654. The average Bonchev–Trinajstić information content (AvgIpc) is 2.91. The summed E-state index contributed by atoms with van der Waals surface area (Å²) in [6, 6.07) is 8.21. The van der Waals surface area contributed by atoms with E-state index in [1.165, 1.54) is 12.8 Å². The van der Waals surface area contributed by atoms with E-state index in [1.54, 1.807) is 0 Å². The summed E-state index contributed by atoms with van der Waals surface area (Å²) in [6.07, 6.45) is 9.18. The first kappa shape index (κ1) is 24.3. The maximum atomic E-state index is 12.8. The normalized spacial score (nSPS) is 15.0. The minimum atomic E-state index is -0.338. The van der Waals surface area contributed by atoms with Crippen LogP contribution in [0.1, 0.15) is 78.0 Å². The van der Waals surface area contributed by atoms with Crippen LogP contribution in [0.25, 0.3) is 11.0 Å². The number of para-hydroxylation sites is 2. The molecule has 0 unspecified atom stereocenters. The number of unbranched alkanes of at least 4 members (excludes halogenated alkanes) is 2. The molecule has 6 heteroatoms. The van der Waals surface area contributed by atoms with Crippen molar-refractivity contribution < 1.29 is 9.59 Å². The van der Waals surface area contributed by atoms with Gasteiger partial charge in [0.1, 0.15) is 5.82 Å². The van der Waals surface area contributed by atoms with Gasteiger partial charge in [0, 0.05) is 44.4 Å². The van der Waals surface area contributed by atoms with Gasteiger partial charge in [0.2, 0.25) is 11.8 Å². The van der Waals surface area contributed by atoms with Gasteiger partial charge in [-0.1, -0.05) is 52.2 Å². The number of carbonyl (C=O) groups is 2. The van der Waals surface area contributed by atoms with E-state index in [1.807, 2.05) is 39.0 Å². The smallest absolute Gasteiger partial charge is 0.225 e. The van der Waals surface area contributed by atoms with E-state index in [0.717, 1.165) is 75.0 Å². The Kier molecular flexibility index (Phi) is 8.71. The first-order valence-electron chi connectivity index (χ1n) is 12.4. The van der Waals surface area contributed by atoms with Crippen LogP contribution < -0.4 is 5.32 Å². The van der Waals surface area contributed by atoms with Gasteiger partial charge in [-0.25, -0.2) is 4.98 Å². The molecule has 0 radical (unpaired) electrons. The van der Waals surface area contributed by atoms with Gasteiger partial charge in [0.15, 0.2) is 0 Å². The van der Waals surface area contributed by atoms with E-state index < -0.39 is 0 Å². The van der Waals surface area contributed by atoms with E-state index in [9.17, 15) is 9.59 Å². The number of hydrogen-bond acceptors (Lipinski definition) is 3. The highest BCUT2D eigenvalue weighted by Crippen LogP contribution is 2.19. The third-order valence-electron chi connectivity index (χ3n) is 6.29. The maximum absolute atomic E-state index is 12.8. The summed E-state index contributed by atoms with van der Waals surface area (Å²) >= 11 is 0. The Morgan fingerprint density at radius 3 is 2.44 bits per heavy atom. The van der Waals surface area contributed by atoms with Gasteiger partial charge in [-0.2, -0.15) is 0 Å². The highest BCUT2D eigenvalue weighted by atomic mass is 16.2. The number of amides is 2. The Balaban J connectivity index is 1.53. The lowest BCUT2D eigenvalue weighted by Gasteiger charge is -2.20. The molecule has 0 spiro atoms. The SMILES string of the molecule is CC(C)(C)C(=O)NCCCCCc1nc2ccccc2n1CCC(=O)N1CCCCCC1. The van der Waals surface area contributed by atoms with Crippen molar-refractivity contribution in [2.24, 2.45) is 5.41 Å². The van der Waals surface area contributed by atoms with Gasteiger partial charge in [0.25, 0.3) is 0 Å². The molecule has 3 rings (SSSR count). The van der Waals surface area contributed by atoms with Crippen LogP contribution in [0.5, 0.6) is 0 Å². The van der Waals surface area contributed by atoms with Gasteiger partial charge in [-0.15, -0.1) is 0 Å². The highest BCUT2D eigenvalue weighted by Gasteiger charge is 2.20. The molecule has 1 aromatic carbocycles. The second-order valence-electron chi connectivity index (χ2n) is 10.0. The molecular formula is C26H40N4O2. The molecular weight excluding hydrogens is 400 g/mol. The second kappa shape index (κ2) is 11.5. The predicted octanol–water partition coefficient (Wildman–Crippen LogP) is 4.70. The molecule has 2 aromatic rings. The van der Waals surface area contributed by atoms with Crippen LogP contribution in [0.3, 0.4) is 0 Å². The first-order chi connectivity index (χ1) is 15.4. The number of carbonyl (C=O) groups excluding carboxylic acids is 2. The summed E-state index contributed by atoms with van der Waals surface area (Å²) in [6.45, 7) is 9.02. The number of likely N-dealkylation sites (tertiary alicyclic amines) is 1. The molecule has 2 heterocycles. The molecule has 6 nitrogen and oxygen atoms in total. The van der Waals surface area contributed by atoms with Crippen LogP contribution in [-0.4, -0.2) is 45.9 Å². The number of benzene rings is 1. The number of aryl methyl sites for hydroxylation is 2. The second-order valence-corrected chi connectivity index (χ2v) is 10.0. The Bertz CT molecular complexity index is 889. The molecule has 1 aliphatic heterocycles. The van der Waals surface area contributed by atoms with Crippen molar-refractivity contribution in [3.05, 3.63) is 30.1 Å². The van der Waals surface area contributed by atoms with E-state index in [2.05, 4.69) is 20.9 Å². The van der Waals surface area contributed by atoms with Crippen LogP contribution in [-0.2, 0) is 22.6 Å². The topological polar surface area (TPSA) is 67.2 Å². The van der Waals surface area contributed by atoms with Gasteiger partial charge < -0.3 is 14.8 Å². The average molecular weight is 441 g/mol. The molecule has 32 heavy (non-hydrogen) atoms. The molecule has 0 aliphatic carbocycles. The molecule has 176 valence electrons. The number of hydrogen-bond donors (Lipinski definition) is 1. The summed E-state index contributed by atoms with van der Waals surface area (Å²) < 4.78 is 2.24. The Labute approximate surface area is 192 Å². The van der Waals surface area contributed by atoms with Crippen LogP contribution in [0.4, 0.5) is 0 Å². The summed E-state index contributed by atoms with van der Waals surface area (Å²) in [7, 11) is 0. The van der Waals surface area contributed by atoms with Crippen molar-refractivity contribution in [1.82, 2.24) is 19.8 Å². The molecule has 0 bridgehead atoms. The number of imidazole rings is 1. The lowest BCUT2D eigenvalue weighted by molar-refractivity contribution is -0.131. The molecule has 1 saturated heterocycles. The molecule has 1 aromatic heterocycles. The van der Waals surface area contributed by atoms with Crippen molar-refractivity contribution in [1.29, 1.82) is 0 Å². The fourth-order valence-electron chi connectivity index (χ4n) is 4.30. The standard InChI is InChI=1S/C26H40N4O2/c1-26(2,3)25(32)27-17-10-6-7-15-23-28-21-13-8-9-14-22(21)30(23)20-16-24(31)29-18-11-4-5-12-19-29/h8-9,13-14H,4-7,10-12,15-20H2,1-3H3,(H,27,32). The maximum Gasteiger partial charge on any atom is 0.225 e. The summed E-state index contributed by atoms with van der Waals surface area (Å²) in [5.74, 6) is 1.44. The third-order valence-corrected chi connectivity index (χ3v) is 6.29. The van der Waals surface area contributed by atoms with Crippen molar-refractivity contribution in [2.75, 3.05) is 19.6 Å². The van der Waals surface area contributed by atoms with E-state index in [4.69, 9.17) is 4.98 Å². The number of rotatable bonds is 9. The third kappa shape index (κ3) is 6.81. The summed E-state index contributed by atoms with van der Waals surface area (Å²) in [5.41, 5.74) is 1.78. The summed E-state index contributed by atoms with van der Waals surface area (Å²) in [4.78, 5) is 31.7. The monoisotopic (exact) mass is 440 g/mol. The van der Waals surface area contributed by atoms with Crippen LogP contribution in [0.15, 0.2) is 24.3 Å². The zero-order chi connectivity index (χ0) is 23.0. The van der Waals surface area contributed by atoms with Gasteiger partial charge in [0.05, 0.1) is 11.0 Å². The molecule has 1 fully saturated rings. The number of aromatic nitrogens is 2.